The number of amides is 2. The fourth-order valence-corrected chi connectivity index (χ4v) is 2.72. The quantitative estimate of drug-likeness (QED) is 0.633. The lowest BCUT2D eigenvalue weighted by Crippen LogP contribution is -2.18. The van der Waals surface area contributed by atoms with Crippen LogP contribution in [0.15, 0.2) is 66.7 Å². The first-order valence-electron chi connectivity index (χ1n) is 8.48. The molecule has 4 nitrogen and oxygen atoms in total. The summed E-state index contributed by atoms with van der Waals surface area (Å²) in [4.78, 5) is 25.2. The molecule has 0 saturated heterocycles. The van der Waals surface area contributed by atoms with Crippen LogP contribution in [-0.2, 0) is 0 Å². The molecule has 2 amide bonds. The van der Waals surface area contributed by atoms with Crippen molar-refractivity contribution >= 4 is 34.8 Å². The minimum absolute atomic E-state index is 0.259. The van der Waals surface area contributed by atoms with Gasteiger partial charge in [0.05, 0.1) is 11.3 Å². The first kappa shape index (κ1) is 18.7. The Morgan fingerprint density at radius 2 is 1.48 bits per heavy atom. The maximum Gasteiger partial charge on any atom is 0.257 e. The van der Waals surface area contributed by atoms with Gasteiger partial charge in [0.25, 0.3) is 11.8 Å². The van der Waals surface area contributed by atoms with Crippen molar-refractivity contribution < 1.29 is 9.59 Å². The predicted molar refractivity (Wildman–Crippen MR) is 110 cm³/mol. The number of para-hydroxylation sites is 1. The van der Waals surface area contributed by atoms with Gasteiger partial charge < -0.3 is 10.6 Å². The maximum absolute atomic E-state index is 12.6. The predicted octanol–water partition coefficient (Wildman–Crippen LogP) is 5.46. The van der Waals surface area contributed by atoms with E-state index in [0.29, 0.717) is 27.5 Å². The maximum atomic E-state index is 12.6. The van der Waals surface area contributed by atoms with E-state index in [2.05, 4.69) is 10.6 Å². The minimum atomic E-state index is -0.312. The largest absolute Gasteiger partial charge is 0.322 e. The van der Waals surface area contributed by atoms with Crippen molar-refractivity contribution in [3.8, 4) is 0 Å². The van der Waals surface area contributed by atoms with Crippen LogP contribution in [0.25, 0.3) is 0 Å². The first-order valence-corrected chi connectivity index (χ1v) is 8.86. The molecule has 0 aliphatic carbocycles. The summed E-state index contributed by atoms with van der Waals surface area (Å²) in [5, 5.41) is 6.23. The van der Waals surface area contributed by atoms with Crippen LogP contribution in [0.3, 0.4) is 0 Å². The molecule has 0 atom stereocenters. The zero-order valence-corrected chi connectivity index (χ0v) is 15.8. The van der Waals surface area contributed by atoms with Crippen molar-refractivity contribution in [1.82, 2.24) is 0 Å². The Morgan fingerprint density at radius 1 is 0.778 bits per heavy atom. The Kier molecular flexibility index (Phi) is 5.57. The highest BCUT2D eigenvalue weighted by Gasteiger charge is 2.14. The molecule has 27 heavy (non-hydrogen) atoms. The summed E-state index contributed by atoms with van der Waals surface area (Å²) in [5.74, 6) is -0.571. The van der Waals surface area contributed by atoms with Gasteiger partial charge in [-0.05, 0) is 73.5 Å². The number of carbonyl (C=O) groups excluding carboxylic acids is 2. The van der Waals surface area contributed by atoms with E-state index >= 15 is 0 Å². The van der Waals surface area contributed by atoms with Gasteiger partial charge in [0.1, 0.15) is 0 Å². The Labute approximate surface area is 163 Å². The van der Waals surface area contributed by atoms with Gasteiger partial charge >= 0.3 is 0 Å². The Morgan fingerprint density at radius 3 is 2.19 bits per heavy atom. The van der Waals surface area contributed by atoms with Crippen LogP contribution in [0.1, 0.15) is 31.8 Å². The highest BCUT2D eigenvalue weighted by atomic mass is 35.5. The molecule has 0 radical (unpaired) electrons. The Balaban J connectivity index is 1.80. The summed E-state index contributed by atoms with van der Waals surface area (Å²) in [6.45, 7) is 3.95. The third kappa shape index (κ3) is 4.54. The number of aryl methyl sites for hydroxylation is 2. The number of benzene rings is 3. The molecule has 2 N–H and O–H groups in total. The molecule has 0 aliphatic heterocycles. The smallest absolute Gasteiger partial charge is 0.257 e. The van der Waals surface area contributed by atoms with Gasteiger partial charge in [0, 0.05) is 16.3 Å². The number of rotatable bonds is 4. The molecule has 3 rings (SSSR count). The highest BCUT2D eigenvalue weighted by molar-refractivity contribution is 6.30. The average molecular weight is 379 g/mol. The van der Waals surface area contributed by atoms with E-state index in [1.165, 1.54) is 0 Å². The molecule has 0 bridgehead atoms. The summed E-state index contributed by atoms with van der Waals surface area (Å²) in [5.41, 5.74) is 4.16. The van der Waals surface area contributed by atoms with Gasteiger partial charge in [-0.25, -0.2) is 0 Å². The van der Waals surface area contributed by atoms with Crippen molar-refractivity contribution in [1.29, 1.82) is 0 Å². The van der Waals surface area contributed by atoms with Crippen LogP contribution in [-0.4, -0.2) is 11.8 Å². The topological polar surface area (TPSA) is 58.2 Å². The zero-order chi connectivity index (χ0) is 19.4. The summed E-state index contributed by atoms with van der Waals surface area (Å²) in [7, 11) is 0. The lowest BCUT2D eigenvalue weighted by molar-refractivity contribution is 0.102. The molecular weight excluding hydrogens is 360 g/mol. The lowest BCUT2D eigenvalue weighted by Gasteiger charge is -2.12. The highest BCUT2D eigenvalue weighted by Crippen LogP contribution is 2.20. The molecular formula is C22H19ClN2O2. The molecule has 0 heterocycles. The zero-order valence-electron chi connectivity index (χ0n) is 15.0. The van der Waals surface area contributed by atoms with Crippen molar-refractivity contribution in [3.05, 3.63) is 94.0 Å². The summed E-state index contributed by atoms with van der Waals surface area (Å²) < 4.78 is 0. The molecule has 0 fully saturated rings. The van der Waals surface area contributed by atoms with Gasteiger partial charge in [-0.1, -0.05) is 29.8 Å². The number of halogens is 1. The van der Waals surface area contributed by atoms with Crippen LogP contribution in [0.4, 0.5) is 11.4 Å². The number of anilines is 2. The SMILES string of the molecule is Cc1ccc(C(=O)Nc2ccccc2C(=O)Nc2ccc(Cl)cc2)cc1C. The van der Waals surface area contributed by atoms with E-state index in [0.717, 1.165) is 11.1 Å². The van der Waals surface area contributed by atoms with E-state index < -0.39 is 0 Å². The summed E-state index contributed by atoms with van der Waals surface area (Å²) >= 11 is 5.87. The van der Waals surface area contributed by atoms with Crippen molar-refractivity contribution in [2.24, 2.45) is 0 Å². The Bertz CT molecular complexity index is 997. The van der Waals surface area contributed by atoms with Gasteiger partial charge in [-0.2, -0.15) is 0 Å². The second kappa shape index (κ2) is 8.06. The van der Waals surface area contributed by atoms with Crippen LogP contribution in [0, 0.1) is 13.8 Å². The normalized spacial score (nSPS) is 10.3. The lowest BCUT2D eigenvalue weighted by atomic mass is 10.1. The standard InChI is InChI=1S/C22H19ClN2O2/c1-14-7-8-16(13-15(14)2)21(26)25-20-6-4-3-5-19(20)22(27)24-18-11-9-17(23)10-12-18/h3-13H,1-2H3,(H,24,27)(H,25,26). The third-order valence-corrected chi connectivity index (χ3v) is 4.54. The molecule has 5 heteroatoms. The van der Waals surface area contributed by atoms with Crippen LogP contribution in [0.5, 0.6) is 0 Å². The molecule has 0 unspecified atom stereocenters. The number of hydrogen-bond acceptors (Lipinski definition) is 2. The molecule has 3 aromatic rings. The van der Waals surface area contributed by atoms with E-state index in [-0.39, 0.29) is 11.8 Å². The number of carbonyl (C=O) groups is 2. The fraction of sp³-hybridized carbons (Fsp3) is 0.0909. The van der Waals surface area contributed by atoms with E-state index in [9.17, 15) is 9.59 Å². The van der Waals surface area contributed by atoms with Crippen molar-refractivity contribution in [3.63, 3.8) is 0 Å². The number of hydrogen-bond donors (Lipinski definition) is 2. The molecule has 0 saturated carbocycles. The van der Waals surface area contributed by atoms with Gasteiger partial charge in [-0.15, -0.1) is 0 Å². The van der Waals surface area contributed by atoms with E-state index in [1.807, 2.05) is 26.0 Å². The second-order valence-electron chi connectivity index (χ2n) is 6.26. The molecule has 0 aliphatic rings. The summed E-state index contributed by atoms with van der Waals surface area (Å²) in [6, 6.07) is 19.2. The van der Waals surface area contributed by atoms with Crippen molar-refractivity contribution in [2.75, 3.05) is 10.6 Å². The van der Waals surface area contributed by atoms with Crippen LogP contribution in [0.2, 0.25) is 5.02 Å². The van der Waals surface area contributed by atoms with Gasteiger partial charge in [0.2, 0.25) is 0 Å². The van der Waals surface area contributed by atoms with E-state index in [4.69, 9.17) is 11.6 Å². The summed E-state index contributed by atoms with van der Waals surface area (Å²) in [6.07, 6.45) is 0. The Hall–Kier alpha value is -3.11. The third-order valence-electron chi connectivity index (χ3n) is 4.29. The van der Waals surface area contributed by atoms with Crippen LogP contribution < -0.4 is 10.6 Å². The molecule has 0 spiro atoms. The van der Waals surface area contributed by atoms with Gasteiger partial charge in [-0.3, -0.25) is 9.59 Å². The average Bonchev–Trinajstić information content (AvgIpc) is 2.66. The van der Waals surface area contributed by atoms with Gasteiger partial charge in [0.15, 0.2) is 0 Å². The number of nitrogens with one attached hydrogen (secondary N) is 2. The monoisotopic (exact) mass is 378 g/mol. The molecule has 0 aromatic heterocycles. The van der Waals surface area contributed by atoms with Crippen molar-refractivity contribution in [2.45, 2.75) is 13.8 Å². The van der Waals surface area contributed by atoms with E-state index in [1.54, 1.807) is 54.6 Å². The van der Waals surface area contributed by atoms with Crippen LogP contribution >= 0.6 is 11.6 Å². The second-order valence-corrected chi connectivity index (χ2v) is 6.70. The minimum Gasteiger partial charge on any atom is -0.322 e. The molecule has 136 valence electrons. The fourth-order valence-electron chi connectivity index (χ4n) is 2.60. The first-order chi connectivity index (χ1) is 12.9. The molecule has 3 aromatic carbocycles.